The average molecular weight is 313 g/mol. The lowest BCUT2D eigenvalue weighted by Gasteiger charge is -2.29. The predicted molar refractivity (Wildman–Crippen MR) is 76.7 cm³/mol. The van der Waals surface area contributed by atoms with E-state index in [0.29, 0.717) is 25.1 Å². The second-order valence-electron chi connectivity index (χ2n) is 5.13. The highest BCUT2D eigenvalue weighted by molar-refractivity contribution is 7.87. The van der Waals surface area contributed by atoms with Gasteiger partial charge in [-0.25, -0.2) is 0 Å². The molecule has 1 unspecified atom stereocenters. The summed E-state index contributed by atoms with van der Waals surface area (Å²) >= 11 is 0. The van der Waals surface area contributed by atoms with Crippen molar-refractivity contribution in [3.63, 3.8) is 0 Å². The topological polar surface area (TPSA) is 99.6 Å². The van der Waals surface area contributed by atoms with E-state index in [1.165, 1.54) is 4.31 Å². The Labute approximate surface area is 124 Å². The second kappa shape index (κ2) is 6.50. The van der Waals surface area contributed by atoms with Gasteiger partial charge in [-0.05, 0) is 31.4 Å². The molecular weight excluding hydrogens is 294 g/mol. The third kappa shape index (κ3) is 3.99. The molecule has 7 nitrogen and oxygen atoms in total. The third-order valence-electron chi connectivity index (χ3n) is 3.61. The Morgan fingerprint density at radius 2 is 2.33 bits per heavy atom. The van der Waals surface area contributed by atoms with Gasteiger partial charge in [-0.2, -0.15) is 17.4 Å². The Hall–Kier alpha value is -1.51. The number of rotatable bonds is 5. The summed E-state index contributed by atoms with van der Waals surface area (Å²) in [5.41, 5.74) is 1.56. The number of carboxylic acids is 1. The molecule has 8 heteroatoms. The van der Waals surface area contributed by atoms with E-state index in [-0.39, 0.29) is 13.1 Å². The van der Waals surface area contributed by atoms with Gasteiger partial charge in [0, 0.05) is 19.3 Å². The molecule has 2 rings (SSSR count). The first-order valence-corrected chi connectivity index (χ1v) is 8.22. The van der Waals surface area contributed by atoms with E-state index in [2.05, 4.69) is 9.71 Å². The van der Waals surface area contributed by atoms with Gasteiger partial charge in [0.2, 0.25) is 0 Å². The van der Waals surface area contributed by atoms with Crippen molar-refractivity contribution in [2.75, 3.05) is 13.1 Å². The summed E-state index contributed by atoms with van der Waals surface area (Å²) in [6.45, 7) is 2.33. The van der Waals surface area contributed by atoms with E-state index >= 15 is 0 Å². The average Bonchev–Trinajstić information content (AvgIpc) is 2.46. The molecule has 21 heavy (non-hydrogen) atoms. The molecule has 0 aromatic carbocycles. The summed E-state index contributed by atoms with van der Waals surface area (Å²) < 4.78 is 28.2. The largest absolute Gasteiger partial charge is 0.481 e. The minimum atomic E-state index is -3.68. The summed E-state index contributed by atoms with van der Waals surface area (Å²) in [6, 6.07) is 3.65. The van der Waals surface area contributed by atoms with Gasteiger partial charge in [0.05, 0.1) is 18.2 Å². The zero-order valence-electron chi connectivity index (χ0n) is 11.8. The Morgan fingerprint density at radius 1 is 1.57 bits per heavy atom. The first-order valence-electron chi connectivity index (χ1n) is 6.78. The van der Waals surface area contributed by atoms with Crippen molar-refractivity contribution in [2.24, 2.45) is 5.92 Å². The molecule has 1 aliphatic heterocycles. The van der Waals surface area contributed by atoms with Gasteiger partial charge in [0.1, 0.15) is 0 Å². The van der Waals surface area contributed by atoms with E-state index in [1.54, 1.807) is 12.3 Å². The van der Waals surface area contributed by atoms with Crippen molar-refractivity contribution in [1.82, 2.24) is 14.0 Å². The van der Waals surface area contributed by atoms with Crippen molar-refractivity contribution >= 4 is 16.2 Å². The van der Waals surface area contributed by atoms with E-state index in [1.807, 2.05) is 13.0 Å². The lowest BCUT2D eigenvalue weighted by atomic mass is 10.0. The highest BCUT2D eigenvalue weighted by Gasteiger charge is 2.32. The second-order valence-corrected chi connectivity index (χ2v) is 6.88. The number of aromatic nitrogens is 1. The molecule has 2 N–H and O–H groups in total. The van der Waals surface area contributed by atoms with Crippen LogP contribution in [0.5, 0.6) is 0 Å². The van der Waals surface area contributed by atoms with Crippen LogP contribution in [-0.4, -0.2) is 41.9 Å². The Kier molecular flexibility index (Phi) is 4.92. The standard InChI is InChI=1S/C13H19N3O4S/c1-10-4-2-6-14-12(10)8-15-21(19,20)16-7-3-5-11(9-16)13(17)18/h2,4,6,11,15H,3,5,7-9H2,1H3,(H,17,18). The first-order chi connectivity index (χ1) is 9.90. The SMILES string of the molecule is Cc1cccnc1CNS(=O)(=O)N1CCCC(C(=O)O)C1. The van der Waals surface area contributed by atoms with Crippen molar-refractivity contribution < 1.29 is 18.3 Å². The lowest BCUT2D eigenvalue weighted by molar-refractivity contribution is -0.142. The third-order valence-corrected chi connectivity index (χ3v) is 5.13. The molecule has 0 amide bonds. The number of hydrogen-bond acceptors (Lipinski definition) is 4. The molecular formula is C13H19N3O4S. The number of carboxylic acid groups (broad SMARTS) is 1. The molecule has 0 bridgehead atoms. The Morgan fingerprint density at radius 3 is 3.00 bits per heavy atom. The summed E-state index contributed by atoms with van der Waals surface area (Å²) in [5, 5.41) is 9.01. The molecule has 1 fully saturated rings. The van der Waals surface area contributed by atoms with Crippen molar-refractivity contribution in [3.8, 4) is 0 Å². The highest BCUT2D eigenvalue weighted by atomic mass is 32.2. The minimum absolute atomic E-state index is 0.0197. The van der Waals surface area contributed by atoms with Crippen molar-refractivity contribution in [1.29, 1.82) is 0 Å². The highest BCUT2D eigenvalue weighted by Crippen LogP contribution is 2.19. The number of carbonyl (C=O) groups is 1. The molecule has 0 radical (unpaired) electrons. The molecule has 1 atom stereocenters. The molecule has 0 saturated carbocycles. The fourth-order valence-electron chi connectivity index (χ4n) is 2.32. The van der Waals surface area contributed by atoms with Gasteiger partial charge in [-0.15, -0.1) is 0 Å². The molecule has 1 saturated heterocycles. The van der Waals surface area contributed by atoms with Crippen LogP contribution in [0.1, 0.15) is 24.1 Å². The van der Waals surface area contributed by atoms with E-state index in [4.69, 9.17) is 5.11 Å². The monoisotopic (exact) mass is 313 g/mol. The molecule has 2 heterocycles. The summed E-state index contributed by atoms with van der Waals surface area (Å²) in [5.74, 6) is -1.58. The number of nitrogens with one attached hydrogen (secondary N) is 1. The van der Waals surface area contributed by atoms with Crippen LogP contribution in [0.3, 0.4) is 0 Å². The smallest absolute Gasteiger partial charge is 0.307 e. The van der Waals surface area contributed by atoms with E-state index < -0.39 is 22.1 Å². The van der Waals surface area contributed by atoms with E-state index in [0.717, 1.165) is 5.56 Å². The number of pyridine rings is 1. The molecule has 0 aliphatic carbocycles. The fraction of sp³-hybridized carbons (Fsp3) is 0.538. The number of nitrogens with zero attached hydrogens (tertiary/aromatic N) is 2. The number of piperidine rings is 1. The van der Waals surface area contributed by atoms with Gasteiger partial charge in [0.15, 0.2) is 0 Å². The molecule has 116 valence electrons. The number of aliphatic carboxylic acids is 1. The maximum atomic E-state index is 12.2. The van der Waals surface area contributed by atoms with Crippen LogP contribution in [0.15, 0.2) is 18.3 Å². The first kappa shape index (κ1) is 15.9. The van der Waals surface area contributed by atoms with Gasteiger partial charge >= 0.3 is 5.97 Å². The maximum absolute atomic E-state index is 12.2. The lowest BCUT2D eigenvalue weighted by Crippen LogP contribution is -2.47. The molecule has 1 aliphatic rings. The molecule has 1 aromatic rings. The van der Waals surface area contributed by atoms with Gasteiger partial charge in [-0.1, -0.05) is 6.07 Å². The van der Waals surface area contributed by atoms with Crippen molar-refractivity contribution in [2.45, 2.75) is 26.3 Å². The zero-order valence-corrected chi connectivity index (χ0v) is 12.6. The van der Waals surface area contributed by atoms with Crippen LogP contribution >= 0.6 is 0 Å². The summed E-state index contributed by atoms with van der Waals surface area (Å²) in [7, 11) is -3.68. The Balaban J connectivity index is 2.01. The number of hydrogen-bond donors (Lipinski definition) is 2. The quantitative estimate of drug-likeness (QED) is 0.825. The summed E-state index contributed by atoms with van der Waals surface area (Å²) in [4.78, 5) is 15.1. The normalized spacial score (nSPS) is 20.3. The molecule has 1 aromatic heterocycles. The van der Waals surface area contributed by atoms with Gasteiger partial charge in [-0.3, -0.25) is 9.78 Å². The Bertz CT molecular complexity index is 618. The van der Waals surface area contributed by atoms with Gasteiger partial charge < -0.3 is 5.11 Å². The van der Waals surface area contributed by atoms with Crippen LogP contribution in [0, 0.1) is 12.8 Å². The summed E-state index contributed by atoms with van der Waals surface area (Å²) in [6.07, 6.45) is 2.68. The maximum Gasteiger partial charge on any atom is 0.307 e. The van der Waals surface area contributed by atoms with E-state index in [9.17, 15) is 13.2 Å². The molecule has 0 spiro atoms. The van der Waals surface area contributed by atoms with Crippen molar-refractivity contribution in [3.05, 3.63) is 29.6 Å². The zero-order chi connectivity index (χ0) is 15.5. The van der Waals surface area contributed by atoms with Crippen LogP contribution in [-0.2, 0) is 21.5 Å². The van der Waals surface area contributed by atoms with Crippen LogP contribution < -0.4 is 4.72 Å². The minimum Gasteiger partial charge on any atom is -0.481 e. The fourth-order valence-corrected chi connectivity index (χ4v) is 3.56. The predicted octanol–water partition coefficient (Wildman–Crippen LogP) is 0.521. The van der Waals surface area contributed by atoms with Crippen LogP contribution in [0.2, 0.25) is 0 Å². The van der Waals surface area contributed by atoms with Crippen LogP contribution in [0.25, 0.3) is 0 Å². The number of aryl methyl sites for hydroxylation is 1. The van der Waals surface area contributed by atoms with Crippen LogP contribution in [0.4, 0.5) is 0 Å². The van der Waals surface area contributed by atoms with Gasteiger partial charge in [0.25, 0.3) is 10.2 Å².